The van der Waals surface area contributed by atoms with Gasteiger partial charge in [-0.25, -0.2) is 17.9 Å². The maximum atomic E-state index is 13.3. The van der Waals surface area contributed by atoms with E-state index in [9.17, 15) is 23.1 Å². The molecule has 0 saturated heterocycles. The van der Waals surface area contributed by atoms with Gasteiger partial charge in [-0.15, -0.1) is 11.3 Å². The van der Waals surface area contributed by atoms with Crippen LogP contribution in [0.3, 0.4) is 0 Å². The normalized spacial score (nSPS) is 13.3. The van der Waals surface area contributed by atoms with Gasteiger partial charge in [-0.2, -0.15) is 9.78 Å². The van der Waals surface area contributed by atoms with E-state index in [0.717, 1.165) is 18.4 Å². The summed E-state index contributed by atoms with van der Waals surface area (Å²) in [6, 6.07) is 14.7. The number of hydrogen-bond donors (Lipinski definition) is 3. The zero-order valence-electron chi connectivity index (χ0n) is 20.5. The average Bonchev–Trinajstić information content (AvgIpc) is 3.37. The Labute approximate surface area is 222 Å². The highest BCUT2D eigenvalue weighted by Crippen LogP contribution is 2.36. The molecule has 10 nitrogen and oxygen atoms in total. The van der Waals surface area contributed by atoms with E-state index in [1.54, 1.807) is 36.6 Å². The van der Waals surface area contributed by atoms with E-state index < -0.39 is 16.0 Å². The van der Waals surface area contributed by atoms with Crippen molar-refractivity contribution in [2.45, 2.75) is 37.6 Å². The van der Waals surface area contributed by atoms with E-state index in [0.29, 0.717) is 10.6 Å². The molecule has 2 aromatic heterocycles. The summed E-state index contributed by atoms with van der Waals surface area (Å²) in [5.41, 5.74) is 1.81. The third-order valence-corrected chi connectivity index (χ3v) is 8.30. The molecule has 1 fully saturated rings. The molecule has 38 heavy (non-hydrogen) atoms. The highest BCUT2D eigenvalue weighted by molar-refractivity contribution is 7.89. The molecule has 5 rings (SSSR count). The number of carbonyl (C=O) groups excluding carboxylic acids is 1. The van der Waals surface area contributed by atoms with Gasteiger partial charge in [0.1, 0.15) is 10.6 Å². The summed E-state index contributed by atoms with van der Waals surface area (Å²) in [6.45, 7) is 3.46. The fourth-order valence-electron chi connectivity index (χ4n) is 3.73. The van der Waals surface area contributed by atoms with E-state index in [1.807, 2.05) is 19.1 Å². The quantitative estimate of drug-likeness (QED) is 0.273. The van der Waals surface area contributed by atoms with Crippen molar-refractivity contribution in [2.24, 2.45) is 0 Å². The minimum atomic E-state index is -4.04. The summed E-state index contributed by atoms with van der Waals surface area (Å²) in [5.74, 6) is -1.59. The molecule has 0 aliphatic heterocycles. The molecular formula is C26H24N4O6S2. The largest absolute Gasteiger partial charge is 0.476 e. The molecule has 1 aliphatic carbocycles. The number of aromatic nitrogens is 2. The number of anilines is 1. The number of rotatable bonds is 9. The topological polar surface area (TPSA) is 140 Å². The summed E-state index contributed by atoms with van der Waals surface area (Å²) in [6.07, 6.45) is 1.46. The van der Waals surface area contributed by atoms with Crippen LogP contribution in [0.1, 0.15) is 44.1 Å². The third kappa shape index (κ3) is 5.32. The van der Waals surface area contributed by atoms with Crippen molar-refractivity contribution < 1.29 is 27.9 Å². The zero-order valence-corrected chi connectivity index (χ0v) is 22.1. The number of aromatic carboxylic acids is 1. The van der Waals surface area contributed by atoms with Gasteiger partial charge in [0.15, 0.2) is 5.69 Å². The van der Waals surface area contributed by atoms with Gasteiger partial charge in [0.2, 0.25) is 15.9 Å². The summed E-state index contributed by atoms with van der Waals surface area (Å²) < 4.78 is 36.7. The molecule has 12 heteroatoms. The maximum absolute atomic E-state index is 13.3. The van der Waals surface area contributed by atoms with Crippen molar-refractivity contribution in [3.63, 3.8) is 0 Å². The molecule has 3 N–H and O–H groups in total. The monoisotopic (exact) mass is 552 g/mol. The van der Waals surface area contributed by atoms with Gasteiger partial charge in [-0.1, -0.05) is 23.8 Å². The number of ether oxygens (including phenoxy) is 1. The maximum Gasteiger partial charge on any atom is 0.356 e. The molecule has 1 amide bonds. The number of hydrogen-bond acceptors (Lipinski definition) is 7. The lowest BCUT2D eigenvalue weighted by Gasteiger charge is -2.16. The van der Waals surface area contributed by atoms with Crippen LogP contribution in [0.25, 0.3) is 5.69 Å². The number of aryl methyl sites for hydroxylation is 1. The minimum absolute atomic E-state index is 0.0411. The number of sulfonamides is 1. The first kappa shape index (κ1) is 25.6. The average molecular weight is 553 g/mol. The van der Waals surface area contributed by atoms with Gasteiger partial charge in [0, 0.05) is 17.3 Å². The number of nitrogens with one attached hydrogen (secondary N) is 2. The van der Waals surface area contributed by atoms with Crippen molar-refractivity contribution in [1.29, 1.82) is 0 Å². The van der Waals surface area contributed by atoms with Gasteiger partial charge in [0.05, 0.1) is 10.6 Å². The second-order valence-electron chi connectivity index (χ2n) is 8.92. The van der Waals surface area contributed by atoms with Crippen LogP contribution in [-0.4, -0.2) is 41.2 Å². The van der Waals surface area contributed by atoms with Crippen molar-refractivity contribution in [2.75, 3.05) is 5.32 Å². The van der Waals surface area contributed by atoms with Crippen LogP contribution in [0, 0.1) is 13.8 Å². The Hall–Kier alpha value is -4.00. The Morgan fingerprint density at radius 2 is 1.84 bits per heavy atom. The number of thiophene rings is 1. The summed E-state index contributed by atoms with van der Waals surface area (Å²) in [5, 5.41) is 18.4. The molecule has 0 radical (unpaired) electrons. The first-order chi connectivity index (χ1) is 18.1. The van der Waals surface area contributed by atoms with Crippen LogP contribution in [0.15, 0.2) is 64.9 Å². The zero-order chi connectivity index (χ0) is 27.0. The van der Waals surface area contributed by atoms with Crippen LogP contribution in [0.5, 0.6) is 11.6 Å². The van der Waals surface area contributed by atoms with E-state index >= 15 is 0 Å². The van der Waals surface area contributed by atoms with Gasteiger partial charge in [0.25, 0.3) is 5.91 Å². The van der Waals surface area contributed by atoms with Crippen molar-refractivity contribution in [3.8, 4) is 17.3 Å². The molecule has 4 aromatic rings. The van der Waals surface area contributed by atoms with E-state index in [4.69, 9.17) is 4.74 Å². The van der Waals surface area contributed by atoms with Crippen LogP contribution >= 0.6 is 11.3 Å². The third-order valence-electron chi connectivity index (χ3n) is 5.89. The van der Waals surface area contributed by atoms with Crippen LogP contribution in [0.2, 0.25) is 0 Å². The minimum Gasteiger partial charge on any atom is -0.476 e. The summed E-state index contributed by atoms with van der Waals surface area (Å²) >= 11 is 1.26. The van der Waals surface area contributed by atoms with E-state index in [1.165, 1.54) is 34.2 Å². The SMILES string of the molecule is Cc1ccc(-n2nc(C(=O)O)c(C)c2Oc2ccc(NC(=O)c3cccs3)cc2S(=O)(=O)NC2CC2)cc1. The first-order valence-corrected chi connectivity index (χ1v) is 14.1. The molecular weight excluding hydrogens is 528 g/mol. The number of benzene rings is 2. The molecule has 0 atom stereocenters. The molecule has 2 heterocycles. The van der Waals surface area contributed by atoms with Crippen molar-refractivity contribution in [3.05, 3.63) is 81.7 Å². The summed E-state index contributed by atoms with van der Waals surface area (Å²) in [7, 11) is -4.04. The number of nitrogens with zero attached hydrogens (tertiary/aromatic N) is 2. The van der Waals surface area contributed by atoms with Crippen LogP contribution in [0.4, 0.5) is 5.69 Å². The predicted octanol–water partition coefficient (Wildman–Crippen LogP) is 4.73. The highest BCUT2D eigenvalue weighted by atomic mass is 32.2. The molecule has 2 aromatic carbocycles. The smallest absolute Gasteiger partial charge is 0.356 e. The Morgan fingerprint density at radius 3 is 2.47 bits per heavy atom. The van der Waals surface area contributed by atoms with Crippen LogP contribution in [-0.2, 0) is 10.0 Å². The number of carboxylic acid groups (broad SMARTS) is 1. The number of carboxylic acids is 1. The fraction of sp³-hybridized carbons (Fsp3) is 0.192. The fourth-order valence-corrected chi connectivity index (χ4v) is 5.81. The lowest BCUT2D eigenvalue weighted by molar-refractivity contribution is 0.0689. The summed E-state index contributed by atoms with van der Waals surface area (Å²) in [4.78, 5) is 24.7. The van der Waals surface area contributed by atoms with Crippen LogP contribution < -0.4 is 14.8 Å². The highest BCUT2D eigenvalue weighted by Gasteiger charge is 2.31. The van der Waals surface area contributed by atoms with Crippen molar-refractivity contribution in [1.82, 2.24) is 14.5 Å². The Balaban J connectivity index is 1.58. The Bertz CT molecular complexity index is 1620. The Morgan fingerprint density at radius 1 is 1.11 bits per heavy atom. The van der Waals surface area contributed by atoms with Gasteiger partial charge >= 0.3 is 5.97 Å². The predicted molar refractivity (Wildman–Crippen MR) is 142 cm³/mol. The molecule has 1 aliphatic rings. The first-order valence-electron chi connectivity index (χ1n) is 11.7. The lowest BCUT2D eigenvalue weighted by atomic mass is 10.2. The standard InChI is InChI=1S/C26H24N4O6S2/c1-15-5-10-19(11-6-15)30-25(16(2)23(28-30)26(32)33)36-20-12-9-18(27-24(31)21-4-3-13-37-21)14-22(20)38(34,35)29-17-7-8-17/h3-6,9-14,17,29H,7-8H2,1-2H3,(H,27,31)(H,32,33). The molecule has 196 valence electrons. The van der Waals surface area contributed by atoms with Crippen molar-refractivity contribution >= 4 is 38.9 Å². The number of carbonyl (C=O) groups is 2. The van der Waals surface area contributed by atoms with E-state index in [2.05, 4.69) is 15.1 Å². The van der Waals surface area contributed by atoms with E-state index in [-0.39, 0.29) is 45.4 Å². The van der Waals surface area contributed by atoms with Gasteiger partial charge in [-0.05, 0) is 68.5 Å². The molecule has 0 unspecified atom stereocenters. The second-order valence-corrected chi connectivity index (χ2v) is 11.6. The number of amides is 1. The second kappa shape index (κ2) is 10.0. The Kier molecular flexibility index (Phi) is 6.78. The lowest BCUT2D eigenvalue weighted by Crippen LogP contribution is -2.26. The molecule has 0 bridgehead atoms. The van der Waals surface area contributed by atoms with Gasteiger partial charge < -0.3 is 15.2 Å². The van der Waals surface area contributed by atoms with Gasteiger partial charge in [-0.3, -0.25) is 4.79 Å². The molecule has 0 spiro atoms. The molecule has 1 saturated carbocycles.